The number of nitrogens with one attached hydrogen (secondary N) is 1. The van der Waals surface area contributed by atoms with Crippen molar-refractivity contribution in [1.29, 1.82) is 0 Å². The Morgan fingerprint density at radius 3 is 3.05 bits per heavy atom. The second-order valence-corrected chi connectivity index (χ2v) is 6.57. The average Bonchev–Trinajstić information content (AvgIpc) is 2.49. The third-order valence-corrected chi connectivity index (χ3v) is 4.98. The molecule has 21 heavy (non-hydrogen) atoms. The van der Waals surface area contributed by atoms with E-state index in [0.29, 0.717) is 12.1 Å². The lowest BCUT2D eigenvalue weighted by atomic mass is 10.0. The predicted octanol–water partition coefficient (Wildman–Crippen LogP) is 4.51. The van der Waals surface area contributed by atoms with Gasteiger partial charge in [0.25, 0.3) is 0 Å². The number of aromatic hydroxyl groups is 1. The van der Waals surface area contributed by atoms with Gasteiger partial charge in [-0.05, 0) is 42.0 Å². The molecule has 0 radical (unpaired) electrons. The van der Waals surface area contributed by atoms with Crippen molar-refractivity contribution in [2.45, 2.75) is 23.9 Å². The van der Waals surface area contributed by atoms with E-state index in [4.69, 9.17) is 11.6 Å². The molecule has 0 aromatic heterocycles. The van der Waals surface area contributed by atoms with Gasteiger partial charge in [0.1, 0.15) is 0 Å². The molecule has 2 N–H and O–H groups in total. The number of benzene rings is 2. The lowest BCUT2D eigenvalue weighted by molar-refractivity contribution is 0.418. The van der Waals surface area contributed by atoms with E-state index in [1.54, 1.807) is 12.1 Å². The summed E-state index contributed by atoms with van der Waals surface area (Å²) in [6.45, 7) is 0.422. The van der Waals surface area contributed by atoms with Gasteiger partial charge in [0, 0.05) is 28.1 Å². The van der Waals surface area contributed by atoms with Crippen molar-refractivity contribution in [3.05, 3.63) is 58.4 Å². The van der Waals surface area contributed by atoms with E-state index in [0.717, 1.165) is 17.2 Å². The van der Waals surface area contributed by atoms with Gasteiger partial charge in [0.05, 0.1) is 0 Å². The van der Waals surface area contributed by atoms with Crippen LogP contribution in [-0.2, 0) is 6.54 Å². The molecule has 110 valence electrons. The molecule has 0 saturated carbocycles. The van der Waals surface area contributed by atoms with Crippen LogP contribution in [0, 0.1) is 5.82 Å². The SMILES string of the molecule is Oc1c(F)cccc1CNC1CCSc2ccc(Cl)cc21. The average molecular weight is 324 g/mol. The number of rotatable bonds is 3. The number of fused-ring (bicyclic) bond motifs is 1. The Morgan fingerprint density at radius 2 is 2.19 bits per heavy atom. The van der Waals surface area contributed by atoms with E-state index < -0.39 is 5.82 Å². The summed E-state index contributed by atoms with van der Waals surface area (Å²) in [7, 11) is 0. The lowest BCUT2D eigenvalue weighted by Gasteiger charge is -2.26. The van der Waals surface area contributed by atoms with Crippen molar-refractivity contribution in [1.82, 2.24) is 5.32 Å². The fourth-order valence-electron chi connectivity index (χ4n) is 2.51. The van der Waals surface area contributed by atoms with Crippen LogP contribution in [0.1, 0.15) is 23.6 Å². The van der Waals surface area contributed by atoms with E-state index >= 15 is 0 Å². The Morgan fingerprint density at radius 1 is 1.33 bits per heavy atom. The van der Waals surface area contributed by atoms with Crippen molar-refractivity contribution in [3.8, 4) is 5.75 Å². The van der Waals surface area contributed by atoms with E-state index in [1.807, 2.05) is 30.0 Å². The molecule has 1 unspecified atom stereocenters. The lowest BCUT2D eigenvalue weighted by Crippen LogP contribution is -2.24. The summed E-state index contributed by atoms with van der Waals surface area (Å²) < 4.78 is 13.3. The smallest absolute Gasteiger partial charge is 0.165 e. The van der Waals surface area contributed by atoms with Crippen LogP contribution in [0.25, 0.3) is 0 Å². The number of phenolic OH excluding ortho intramolecular Hbond substituents is 1. The summed E-state index contributed by atoms with van der Waals surface area (Å²) in [4.78, 5) is 1.23. The summed E-state index contributed by atoms with van der Waals surface area (Å²) in [5.74, 6) is 0.167. The van der Waals surface area contributed by atoms with Gasteiger partial charge in [-0.1, -0.05) is 23.7 Å². The number of hydrogen-bond acceptors (Lipinski definition) is 3. The molecule has 2 aromatic carbocycles. The Bertz CT molecular complexity index is 665. The highest BCUT2D eigenvalue weighted by atomic mass is 35.5. The minimum Gasteiger partial charge on any atom is -0.505 e. The van der Waals surface area contributed by atoms with Crippen molar-refractivity contribution < 1.29 is 9.50 Å². The molecule has 0 amide bonds. The summed E-state index contributed by atoms with van der Waals surface area (Å²) in [5, 5.41) is 13.8. The molecular formula is C16H15ClFNOS. The molecule has 1 aliphatic heterocycles. The largest absolute Gasteiger partial charge is 0.505 e. The van der Waals surface area contributed by atoms with Gasteiger partial charge in [-0.25, -0.2) is 4.39 Å². The van der Waals surface area contributed by atoms with Gasteiger partial charge in [0.2, 0.25) is 0 Å². The Hall–Kier alpha value is -1.23. The summed E-state index contributed by atoms with van der Waals surface area (Å²) in [6, 6.07) is 10.7. The molecule has 0 saturated heterocycles. The molecule has 0 bridgehead atoms. The van der Waals surface area contributed by atoms with Crippen LogP contribution in [0.4, 0.5) is 4.39 Å². The van der Waals surface area contributed by atoms with Crippen molar-refractivity contribution in [2.75, 3.05) is 5.75 Å². The first kappa shape index (κ1) is 14.7. The van der Waals surface area contributed by atoms with Gasteiger partial charge < -0.3 is 10.4 Å². The first-order chi connectivity index (χ1) is 10.1. The number of phenols is 1. The first-order valence-electron chi connectivity index (χ1n) is 6.77. The molecule has 1 atom stereocenters. The zero-order valence-electron chi connectivity index (χ0n) is 11.3. The van der Waals surface area contributed by atoms with Gasteiger partial charge >= 0.3 is 0 Å². The summed E-state index contributed by atoms with van der Waals surface area (Å²) in [5.41, 5.74) is 1.74. The molecule has 2 aromatic rings. The number of halogens is 2. The highest BCUT2D eigenvalue weighted by Gasteiger charge is 2.21. The standard InChI is InChI=1S/C16H15ClFNOS/c17-11-4-5-15-12(8-11)14(6-7-21-15)19-9-10-2-1-3-13(18)16(10)20/h1-5,8,14,19-20H,6-7,9H2. The van der Waals surface area contributed by atoms with E-state index in [1.165, 1.54) is 16.5 Å². The number of thioether (sulfide) groups is 1. The zero-order valence-corrected chi connectivity index (χ0v) is 12.8. The number of hydrogen-bond donors (Lipinski definition) is 2. The van der Waals surface area contributed by atoms with E-state index in [2.05, 4.69) is 5.32 Å². The van der Waals surface area contributed by atoms with Crippen molar-refractivity contribution in [2.24, 2.45) is 0 Å². The predicted molar refractivity (Wildman–Crippen MR) is 84.4 cm³/mol. The maximum absolute atomic E-state index is 13.3. The second-order valence-electron chi connectivity index (χ2n) is 5.00. The molecule has 3 rings (SSSR count). The maximum Gasteiger partial charge on any atom is 0.165 e. The normalized spacial score (nSPS) is 17.5. The maximum atomic E-state index is 13.3. The highest BCUT2D eigenvalue weighted by Crippen LogP contribution is 2.37. The summed E-state index contributed by atoms with van der Waals surface area (Å²) >= 11 is 7.90. The zero-order chi connectivity index (χ0) is 14.8. The molecule has 2 nitrogen and oxygen atoms in total. The molecule has 1 heterocycles. The highest BCUT2D eigenvalue weighted by molar-refractivity contribution is 7.99. The van der Waals surface area contributed by atoms with Crippen LogP contribution in [0.2, 0.25) is 5.02 Å². The van der Waals surface area contributed by atoms with Crippen LogP contribution in [-0.4, -0.2) is 10.9 Å². The topological polar surface area (TPSA) is 32.3 Å². The summed E-state index contributed by atoms with van der Waals surface area (Å²) in [6.07, 6.45) is 0.980. The quantitative estimate of drug-likeness (QED) is 0.871. The van der Waals surface area contributed by atoms with Crippen LogP contribution in [0.5, 0.6) is 5.75 Å². The fraction of sp³-hybridized carbons (Fsp3) is 0.250. The Balaban J connectivity index is 1.78. The van der Waals surface area contributed by atoms with Crippen LogP contribution in [0.15, 0.2) is 41.3 Å². The van der Waals surface area contributed by atoms with E-state index in [9.17, 15) is 9.50 Å². The molecule has 1 aliphatic rings. The fourth-order valence-corrected chi connectivity index (χ4v) is 3.80. The minimum absolute atomic E-state index is 0.169. The molecule has 0 aliphatic carbocycles. The molecule has 0 fully saturated rings. The van der Waals surface area contributed by atoms with E-state index in [-0.39, 0.29) is 11.8 Å². The van der Waals surface area contributed by atoms with Crippen LogP contribution < -0.4 is 5.32 Å². The Kier molecular flexibility index (Phi) is 4.38. The van der Waals surface area contributed by atoms with Crippen LogP contribution >= 0.6 is 23.4 Å². The number of para-hydroxylation sites is 1. The first-order valence-corrected chi connectivity index (χ1v) is 8.13. The molecule has 5 heteroatoms. The minimum atomic E-state index is -0.586. The van der Waals surface area contributed by atoms with Crippen LogP contribution in [0.3, 0.4) is 0 Å². The Labute approximate surface area is 132 Å². The van der Waals surface area contributed by atoms with Gasteiger partial charge in [0.15, 0.2) is 11.6 Å². The molecule has 0 spiro atoms. The van der Waals surface area contributed by atoms with Gasteiger partial charge in [-0.15, -0.1) is 11.8 Å². The van der Waals surface area contributed by atoms with Gasteiger partial charge in [-0.3, -0.25) is 0 Å². The third kappa shape index (κ3) is 3.18. The van der Waals surface area contributed by atoms with Crippen molar-refractivity contribution >= 4 is 23.4 Å². The molecular weight excluding hydrogens is 309 g/mol. The van der Waals surface area contributed by atoms with Crippen molar-refractivity contribution in [3.63, 3.8) is 0 Å². The second kappa shape index (κ2) is 6.26. The monoisotopic (exact) mass is 323 g/mol. The van der Waals surface area contributed by atoms with Gasteiger partial charge in [-0.2, -0.15) is 0 Å². The third-order valence-electron chi connectivity index (χ3n) is 3.62.